The fourth-order valence-corrected chi connectivity index (χ4v) is 9.74. The molecule has 4 aliphatic heterocycles. The molecule has 1 aromatic carbocycles. The van der Waals surface area contributed by atoms with Gasteiger partial charge >= 0.3 is 5.97 Å². The molecule has 3 fully saturated rings. The first-order chi connectivity index (χ1) is 34.6. The van der Waals surface area contributed by atoms with E-state index in [1.54, 1.807) is 51.2 Å². The molecule has 5 heterocycles. The summed E-state index contributed by atoms with van der Waals surface area (Å²) in [5.41, 5.74) is 2.98. The Hall–Kier alpha value is -4.06. The highest BCUT2D eigenvalue weighted by molar-refractivity contribution is 5.91. The second-order valence-electron chi connectivity index (χ2n) is 19.6. The number of ketones is 1. The Kier molecular flexibility index (Phi) is 22.3. The molecule has 19 nitrogen and oxygen atoms in total. The lowest BCUT2D eigenvalue weighted by molar-refractivity contribution is -0.305. The van der Waals surface area contributed by atoms with Crippen molar-refractivity contribution in [3.63, 3.8) is 0 Å². The van der Waals surface area contributed by atoms with Gasteiger partial charge in [-0.05, 0) is 77.4 Å². The van der Waals surface area contributed by atoms with Crippen LogP contribution in [0.25, 0.3) is 17.0 Å². The molecular formula is C53H77N3O16. The van der Waals surface area contributed by atoms with E-state index < -0.39 is 97.3 Å². The summed E-state index contributed by atoms with van der Waals surface area (Å²) in [5, 5.41) is 38.8. The van der Waals surface area contributed by atoms with Crippen LogP contribution in [-0.2, 0) is 61.8 Å². The molecule has 6 rings (SSSR count). The molecule has 1 unspecified atom stereocenters. The van der Waals surface area contributed by atoms with E-state index in [0.29, 0.717) is 18.6 Å². The van der Waals surface area contributed by atoms with Crippen LogP contribution in [0.15, 0.2) is 71.6 Å². The molecular weight excluding hydrogens is 935 g/mol. The number of hydrogen-bond donors (Lipinski definition) is 3. The zero-order chi connectivity index (χ0) is 51.9. The Morgan fingerprint density at radius 2 is 1.67 bits per heavy atom. The molecule has 19 heteroatoms. The maximum absolute atomic E-state index is 14.1. The van der Waals surface area contributed by atoms with Gasteiger partial charge in [0.25, 0.3) is 0 Å². The van der Waals surface area contributed by atoms with E-state index in [1.165, 1.54) is 14.2 Å². The molecule has 0 aliphatic carbocycles. The first-order valence-electron chi connectivity index (χ1n) is 24.9. The third-order valence-electron chi connectivity index (χ3n) is 13.9. The predicted octanol–water partition coefficient (Wildman–Crippen LogP) is 4.25. The third-order valence-corrected chi connectivity index (χ3v) is 13.9. The number of cyclic esters (lactones) is 1. The van der Waals surface area contributed by atoms with Crippen molar-refractivity contribution in [1.82, 2.24) is 9.88 Å². The van der Waals surface area contributed by atoms with E-state index >= 15 is 0 Å². The maximum Gasteiger partial charge on any atom is 0.308 e. The second kappa shape index (κ2) is 28.0. The normalized spacial score (nSPS) is 36.8. The Bertz CT molecular complexity index is 2150. The van der Waals surface area contributed by atoms with Crippen LogP contribution in [0.5, 0.6) is 0 Å². The molecule has 3 saturated heterocycles. The Labute approximate surface area is 423 Å². The van der Waals surface area contributed by atoms with Gasteiger partial charge < -0.3 is 72.4 Å². The molecule has 400 valence electrons. The number of methoxy groups -OCH3 is 2. The summed E-state index contributed by atoms with van der Waals surface area (Å²) >= 11 is 0. The van der Waals surface area contributed by atoms with Crippen molar-refractivity contribution in [3.05, 3.63) is 72.0 Å². The van der Waals surface area contributed by atoms with E-state index in [4.69, 9.17) is 52.2 Å². The molecule has 3 N–H and O–H groups in total. The number of para-hydroxylation sites is 1. The number of esters is 1. The summed E-state index contributed by atoms with van der Waals surface area (Å²) in [6.07, 6.45) is 1.51. The Morgan fingerprint density at radius 3 is 2.43 bits per heavy atom. The molecule has 1 aromatic heterocycles. The Balaban J connectivity index is 1.23. The van der Waals surface area contributed by atoms with Gasteiger partial charge in [-0.25, -0.2) is 0 Å². The van der Waals surface area contributed by atoms with Crippen molar-refractivity contribution in [2.45, 2.75) is 127 Å². The van der Waals surface area contributed by atoms with Gasteiger partial charge in [-0.2, -0.15) is 0 Å². The van der Waals surface area contributed by atoms with Crippen LogP contribution >= 0.6 is 0 Å². The van der Waals surface area contributed by atoms with Crippen molar-refractivity contribution in [2.24, 2.45) is 28.8 Å². The monoisotopic (exact) mass is 1010 g/mol. The molecule has 2 bridgehead atoms. The minimum atomic E-state index is -1.26. The van der Waals surface area contributed by atoms with E-state index in [-0.39, 0.29) is 64.6 Å². The van der Waals surface area contributed by atoms with E-state index in [0.717, 1.165) is 22.0 Å². The van der Waals surface area contributed by atoms with Gasteiger partial charge in [-0.15, -0.1) is 0 Å². The fourth-order valence-electron chi connectivity index (χ4n) is 9.74. The third kappa shape index (κ3) is 15.7. The number of fused-ring (bicyclic) bond motifs is 4. The minimum Gasteiger partial charge on any atom is -0.465 e. The SMILES string of the molecule is CO[C@@H]1[C@H](O)[C@@H](C)O[C@@H](OC[C@H]2/C=C(C)/C=C/C(=O)[C@H](C)CC3CCOC/C(=N\OCOC/C=C/c4cnc5ccccc5c4)CO[C@H](CC(=O)OC2)[C@H](C)[C@H]3O[C@@H]2O[C@H](C)[C@@H](O)[C@H](N(C)C)[C@H]2O)[C@@H]1OC. The molecule has 0 saturated carbocycles. The van der Waals surface area contributed by atoms with Gasteiger partial charge in [-0.1, -0.05) is 67.1 Å². The van der Waals surface area contributed by atoms with Gasteiger partial charge in [-0.3, -0.25) is 14.6 Å². The van der Waals surface area contributed by atoms with Crippen molar-refractivity contribution >= 4 is 34.4 Å². The number of aromatic nitrogens is 1. The fraction of sp³-hybridized carbons (Fsp3) is 0.660. The average Bonchev–Trinajstić information content (AvgIpc) is 3.38. The highest BCUT2D eigenvalue weighted by Gasteiger charge is 2.48. The van der Waals surface area contributed by atoms with Crippen molar-refractivity contribution in [2.75, 3.05) is 74.7 Å². The summed E-state index contributed by atoms with van der Waals surface area (Å²) in [6.45, 7) is 9.21. The van der Waals surface area contributed by atoms with Crippen LogP contribution in [0.4, 0.5) is 0 Å². The first kappa shape index (κ1) is 57.2. The first-order valence-corrected chi connectivity index (χ1v) is 24.9. The molecule has 0 amide bonds. The number of aliphatic hydroxyl groups is 3. The standard InChI is InChI=1S/C53H77N3O16/c1-31-16-17-42(57)32(2)22-39-18-20-64-28-40(55-69-30-65-19-12-13-36-23-38-14-10-11-15-41(38)54-25-36)29-66-43(33(3)49(39)72-52-48(61)45(56(6)7)46(59)34(4)70-52)24-44(58)67-26-37(21-31)27-68-53-51(63-9)50(62-8)47(60)35(5)71-53/h10-17,21,23,25,32-35,37,39,43,45-53,59-61H,18-20,22,24,26-30H2,1-9H3/b13-12+,17-16+,31-21+,55-40+/t32-,33+,34-,35-,37+,39?,43-,45+,46-,47-,48-,49-,50-,51-,52+,53-/m1/s1. The van der Waals surface area contributed by atoms with Crippen molar-refractivity contribution in [1.29, 1.82) is 0 Å². The molecule has 0 radical (unpaired) electrons. The number of benzene rings is 1. The number of carbonyl (C=O) groups excluding carboxylic acids is 2. The quantitative estimate of drug-likeness (QED) is 0.104. The van der Waals surface area contributed by atoms with Gasteiger partial charge in [0, 0.05) is 50.2 Å². The number of ether oxygens (including phenoxy) is 10. The number of likely N-dealkylation sites (N-methyl/N-ethyl adjacent to an activating group) is 1. The highest BCUT2D eigenvalue weighted by atomic mass is 16.7. The summed E-state index contributed by atoms with van der Waals surface area (Å²) in [4.78, 5) is 39.9. The van der Waals surface area contributed by atoms with Crippen LogP contribution in [0.3, 0.4) is 0 Å². The summed E-state index contributed by atoms with van der Waals surface area (Å²) in [6, 6.07) is 9.22. The molecule has 2 aromatic rings. The van der Waals surface area contributed by atoms with Gasteiger partial charge in [0.1, 0.15) is 30.1 Å². The van der Waals surface area contributed by atoms with Gasteiger partial charge in [0.05, 0.1) is 81.5 Å². The molecule has 72 heavy (non-hydrogen) atoms. The van der Waals surface area contributed by atoms with Gasteiger partial charge in [0.2, 0.25) is 6.79 Å². The predicted molar refractivity (Wildman–Crippen MR) is 265 cm³/mol. The zero-order valence-corrected chi connectivity index (χ0v) is 43.2. The number of oxime groups is 1. The lowest BCUT2D eigenvalue weighted by Gasteiger charge is -2.47. The molecule has 0 spiro atoms. The number of rotatable bonds is 14. The van der Waals surface area contributed by atoms with Gasteiger partial charge in [0.15, 0.2) is 18.4 Å². The number of hydrogen-bond acceptors (Lipinski definition) is 19. The molecule has 4 aliphatic rings. The van der Waals surface area contributed by atoms with Crippen LogP contribution < -0.4 is 0 Å². The van der Waals surface area contributed by atoms with E-state index in [1.807, 2.05) is 69.3 Å². The lowest BCUT2D eigenvalue weighted by Crippen LogP contribution is -2.63. The van der Waals surface area contributed by atoms with Crippen LogP contribution in [0, 0.1) is 23.7 Å². The largest absolute Gasteiger partial charge is 0.465 e. The minimum absolute atomic E-state index is 0.0209. The van der Waals surface area contributed by atoms with Crippen molar-refractivity contribution in [3.8, 4) is 0 Å². The number of allylic oxidation sites excluding steroid dienone is 3. The summed E-state index contributed by atoms with van der Waals surface area (Å²) in [5.74, 6) is -2.64. The topological polar surface area (TPSA) is 225 Å². The number of carbonyl (C=O) groups is 2. The Morgan fingerprint density at radius 1 is 0.917 bits per heavy atom. The highest BCUT2D eigenvalue weighted by Crippen LogP contribution is 2.36. The average molecular weight is 1010 g/mol. The van der Waals surface area contributed by atoms with Crippen LogP contribution in [0.1, 0.15) is 59.4 Å². The maximum atomic E-state index is 14.1. The number of nitrogens with zero attached hydrogens (tertiary/aromatic N) is 3. The van der Waals surface area contributed by atoms with Crippen molar-refractivity contribution < 1.29 is 77.1 Å². The zero-order valence-electron chi connectivity index (χ0n) is 43.2. The number of pyridine rings is 1. The van der Waals surface area contributed by atoms with Crippen LogP contribution in [0.2, 0.25) is 0 Å². The second-order valence-corrected chi connectivity index (χ2v) is 19.6. The summed E-state index contributed by atoms with van der Waals surface area (Å²) < 4.78 is 61.0. The smallest absolute Gasteiger partial charge is 0.308 e. The van der Waals surface area contributed by atoms with E-state index in [9.17, 15) is 24.9 Å². The van der Waals surface area contributed by atoms with E-state index in [2.05, 4.69) is 10.1 Å². The summed E-state index contributed by atoms with van der Waals surface area (Å²) in [7, 11) is 6.49. The number of aliphatic hydroxyl groups excluding tert-OH is 3. The lowest BCUT2D eigenvalue weighted by atomic mass is 9.79. The van der Waals surface area contributed by atoms with Crippen LogP contribution in [-0.4, -0.2) is 191 Å². The molecule has 16 atom stereocenters.